The molecule has 2 atom stereocenters. The number of nitrogens with zero attached hydrogens (tertiary/aromatic N) is 1. The summed E-state index contributed by atoms with van der Waals surface area (Å²) in [5.74, 6) is -0.986. The van der Waals surface area contributed by atoms with E-state index in [1.165, 1.54) is 12.1 Å². The summed E-state index contributed by atoms with van der Waals surface area (Å²) < 4.78 is 5.07. The molecular weight excluding hydrogens is 282 g/mol. The number of aromatic hydroxyl groups is 1. The first-order valence-electron chi connectivity index (χ1n) is 7.68. The Morgan fingerprint density at radius 2 is 1.91 bits per heavy atom. The van der Waals surface area contributed by atoms with Crippen molar-refractivity contribution in [2.24, 2.45) is 0 Å². The topological polar surface area (TPSA) is 66.8 Å². The van der Waals surface area contributed by atoms with Crippen LogP contribution in [-0.4, -0.2) is 40.6 Å². The lowest BCUT2D eigenvalue weighted by atomic mass is 9.97. The fraction of sp³-hybridized carbons (Fsp3) is 0.529. The van der Waals surface area contributed by atoms with Crippen molar-refractivity contribution in [2.75, 3.05) is 6.61 Å². The maximum atomic E-state index is 12.3. The van der Waals surface area contributed by atoms with Crippen molar-refractivity contribution in [3.05, 3.63) is 29.3 Å². The van der Waals surface area contributed by atoms with Crippen molar-refractivity contribution in [3.63, 3.8) is 0 Å². The Balaban J connectivity index is 1.97. The maximum absolute atomic E-state index is 12.3. The number of carbonyl (C=O) groups is 2. The number of amides is 1. The Morgan fingerprint density at radius 1 is 1.27 bits per heavy atom. The number of esters is 1. The highest BCUT2D eigenvalue weighted by molar-refractivity contribution is 5.94. The number of ether oxygens (including phenoxy) is 1. The predicted octanol–water partition coefficient (Wildman–Crippen LogP) is 2.65. The lowest BCUT2D eigenvalue weighted by Gasteiger charge is -2.38. The molecule has 1 aromatic carbocycles. The largest absolute Gasteiger partial charge is 0.507 e. The predicted molar refractivity (Wildman–Crippen MR) is 82.7 cm³/mol. The van der Waals surface area contributed by atoms with Crippen molar-refractivity contribution in [3.8, 4) is 5.75 Å². The lowest BCUT2D eigenvalue weighted by molar-refractivity contribution is -0.140. The Hall–Kier alpha value is -2.04. The van der Waals surface area contributed by atoms with Gasteiger partial charge in [0.05, 0.1) is 0 Å². The molecule has 1 amide bonds. The van der Waals surface area contributed by atoms with E-state index < -0.39 is 5.97 Å². The second-order valence-electron chi connectivity index (χ2n) is 6.03. The summed E-state index contributed by atoms with van der Waals surface area (Å²) in [6.07, 6.45) is 3.06. The summed E-state index contributed by atoms with van der Waals surface area (Å²) in [5, 5.41) is 9.76. The SMILES string of the molecule is Cc1ccc(C(=O)OCC(=O)N2[C@H](C)CCC[C@@H]2C)c(O)c1. The third kappa shape index (κ3) is 3.59. The normalized spacial score (nSPS) is 21.5. The molecule has 0 aromatic heterocycles. The van der Waals surface area contributed by atoms with E-state index in [9.17, 15) is 14.7 Å². The van der Waals surface area contributed by atoms with Gasteiger partial charge in [-0.2, -0.15) is 0 Å². The summed E-state index contributed by atoms with van der Waals surface area (Å²) in [6, 6.07) is 5.05. The van der Waals surface area contributed by atoms with Crippen LogP contribution in [0.5, 0.6) is 5.75 Å². The third-order valence-corrected chi connectivity index (χ3v) is 4.18. The Bertz CT molecular complexity index is 560. The molecule has 1 aliphatic rings. The molecule has 2 rings (SSSR count). The molecule has 0 saturated carbocycles. The van der Waals surface area contributed by atoms with Crippen LogP contribution in [-0.2, 0) is 9.53 Å². The summed E-state index contributed by atoms with van der Waals surface area (Å²) in [6.45, 7) is 5.56. The van der Waals surface area contributed by atoms with Gasteiger partial charge in [-0.3, -0.25) is 4.79 Å². The number of aryl methyl sites for hydroxylation is 1. The molecule has 1 aliphatic heterocycles. The first kappa shape index (κ1) is 16.3. The van der Waals surface area contributed by atoms with Gasteiger partial charge in [0, 0.05) is 12.1 Å². The molecule has 0 radical (unpaired) electrons. The molecule has 0 aliphatic carbocycles. The van der Waals surface area contributed by atoms with Gasteiger partial charge >= 0.3 is 5.97 Å². The van der Waals surface area contributed by atoms with E-state index in [4.69, 9.17) is 4.74 Å². The molecule has 5 heteroatoms. The zero-order valence-corrected chi connectivity index (χ0v) is 13.3. The van der Waals surface area contributed by atoms with Crippen LogP contribution >= 0.6 is 0 Å². The highest BCUT2D eigenvalue weighted by Gasteiger charge is 2.29. The molecule has 5 nitrogen and oxygen atoms in total. The van der Waals surface area contributed by atoms with Crippen LogP contribution in [0.15, 0.2) is 18.2 Å². The van der Waals surface area contributed by atoms with E-state index in [0.717, 1.165) is 24.8 Å². The van der Waals surface area contributed by atoms with Gasteiger partial charge in [0.25, 0.3) is 5.91 Å². The van der Waals surface area contributed by atoms with E-state index in [-0.39, 0.29) is 35.9 Å². The van der Waals surface area contributed by atoms with Crippen molar-refractivity contribution < 1.29 is 19.4 Å². The van der Waals surface area contributed by atoms with Crippen molar-refractivity contribution in [1.82, 2.24) is 4.90 Å². The number of benzene rings is 1. The Labute approximate surface area is 130 Å². The van der Waals surface area contributed by atoms with Crippen molar-refractivity contribution in [1.29, 1.82) is 0 Å². The molecule has 1 fully saturated rings. The third-order valence-electron chi connectivity index (χ3n) is 4.18. The molecule has 0 spiro atoms. The van der Waals surface area contributed by atoms with Gasteiger partial charge in [-0.15, -0.1) is 0 Å². The first-order chi connectivity index (χ1) is 10.4. The van der Waals surface area contributed by atoms with Gasteiger partial charge in [-0.1, -0.05) is 6.07 Å². The van der Waals surface area contributed by atoms with E-state index in [1.807, 2.05) is 20.8 Å². The van der Waals surface area contributed by atoms with Crippen molar-refractivity contribution in [2.45, 2.75) is 52.1 Å². The number of hydrogen-bond acceptors (Lipinski definition) is 4. The van der Waals surface area contributed by atoms with E-state index in [2.05, 4.69) is 0 Å². The lowest BCUT2D eigenvalue weighted by Crippen LogP contribution is -2.49. The maximum Gasteiger partial charge on any atom is 0.342 e. The Morgan fingerprint density at radius 3 is 2.50 bits per heavy atom. The second-order valence-corrected chi connectivity index (χ2v) is 6.03. The van der Waals surface area contributed by atoms with Gasteiger partial charge in [-0.25, -0.2) is 4.79 Å². The van der Waals surface area contributed by atoms with Crippen LogP contribution < -0.4 is 0 Å². The monoisotopic (exact) mass is 305 g/mol. The minimum Gasteiger partial charge on any atom is -0.507 e. The number of rotatable bonds is 3. The smallest absolute Gasteiger partial charge is 0.342 e. The molecule has 0 unspecified atom stereocenters. The molecule has 1 N–H and O–H groups in total. The average Bonchev–Trinajstić information content (AvgIpc) is 2.44. The van der Waals surface area contributed by atoms with Crippen LogP contribution in [0.4, 0.5) is 0 Å². The van der Waals surface area contributed by atoms with Crippen LogP contribution in [0.2, 0.25) is 0 Å². The van der Waals surface area contributed by atoms with Gasteiger partial charge in [0.1, 0.15) is 11.3 Å². The van der Waals surface area contributed by atoms with Gasteiger partial charge < -0.3 is 14.7 Å². The Kier molecular flexibility index (Phi) is 5.06. The highest BCUT2D eigenvalue weighted by atomic mass is 16.5. The summed E-state index contributed by atoms with van der Waals surface area (Å²) in [7, 11) is 0. The minimum atomic E-state index is -0.678. The molecule has 1 saturated heterocycles. The van der Waals surface area contributed by atoms with E-state index >= 15 is 0 Å². The van der Waals surface area contributed by atoms with E-state index in [1.54, 1.807) is 11.0 Å². The zero-order valence-electron chi connectivity index (χ0n) is 13.3. The summed E-state index contributed by atoms with van der Waals surface area (Å²) in [5.41, 5.74) is 0.930. The van der Waals surface area contributed by atoms with Crippen LogP contribution in [0.3, 0.4) is 0 Å². The van der Waals surface area contributed by atoms with Gasteiger partial charge in [0.2, 0.25) is 0 Å². The average molecular weight is 305 g/mol. The standard InChI is InChI=1S/C17H23NO4/c1-11-7-8-14(15(19)9-11)17(21)22-10-16(20)18-12(2)5-4-6-13(18)3/h7-9,12-13,19H,4-6,10H2,1-3H3/t12-,13+. The molecule has 22 heavy (non-hydrogen) atoms. The molecular formula is C17H23NO4. The van der Waals surface area contributed by atoms with Crippen LogP contribution in [0.25, 0.3) is 0 Å². The number of phenolic OH excluding ortho intramolecular Hbond substituents is 1. The molecule has 1 heterocycles. The zero-order chi connectivity index (χ0) is 16.3. The summed E-state index contributed by atoms with van der Waals surface area (Å²) in [4.78, 5) is 26.1. The van der Waals surface area contributed by atoms with E-state index in [0.29, 0.717) is 0 Å². The molecule has 120 valence electrons. The summed E-state index contributed by atoms with van der Waals surface area (Å²) >= 11 is 0. The fourth-order valence-electron chi connectivity index (χ4n) is 3.01. The van der Waals surface area contributed by atoms with Crippen LogP contribution in [0, 0.1) is 6.92 Å². The number of carbonyl (C=O) groups excluding carboxylic acids is 2. The quantitative estimate of drug-likeness (QED) is 0.872. The fourth-order valence-corrected chi connectivity index (χ4v) is 3.01. The van der Waals surface area contributed by atoms with Gasteiger partial charge in [0.15, 0.2) is 6.61 Å². The van der Waals surface area contributed by atoms with Gasteiger partial charge in [-0.05, 0) is 57.7 Å². The number of phenols is 1. The first-order valence-corrected chi connectivity index (χ1v) is 7.68. The highest BCUT2D eigenvalue weighted by Crippen LogP contribution is 2.23. The van der Waals surface area contributed by atoms with Crippen LogP contribution in [0.1, 0.15) is 49.0 Å². The van der Waals surface area contributed by atoms with Crippen molar-refractivity contribution >= 4 is 11.9 Å². The minimum absolute atomic E-state index is 0.0816. The molecule has 1 aromatic rings. The number of hydrogen-bond donors (Lipinski definition) is 1. The molecule has 0 bridgehead atoms. The number of likely N-dealkylation sites (tertiary alicyclic amines) is 1. The second kappa shape index (κ2) is 6.81. The number of piperidine rings is 1.